The average Bonchev–Trinajstić information content (AvgIpc) is 2.85. The molecule has 2 rings (SSSR count). The second-order valence-corrected chi connectivity index (χ2v) is 4.85. The van der Waals surface area contributed by atoms with Gasteiger partial charge in [-0.1, -0.05) is 18.2 Å². The third-order valence-corrected chi connectivity index (χ3v) is 3.25. The lowest BCUT2D eigenvalue weighted by Gasteiger charge is -2.17. The number of amides is 1. The minimum Gasteiger partial charge on any atom is -0.352 e. The summed E-state index contributed by atoms with van der Waals surface area (Å²) in [6, 6.07) is 6.55. The molecule has 0 saturated carbocycles. The fourth-order valence-corrected chi connectivity index (χ4v) is 2.30. The molecule has 4 heteroatoms. The van der Waals surface area contributed by atoms with Crippen molar-refractivity contribution >= 4 is 5.91 Å². The lowest BCUT2D eigenvalue weighted by Crippen LogP contribution is -2.44. The first-order valence-electron chi connectivity index (χ1n) is 6.44. The number of hydrogen-bond donors (Lipinski definition) is 2. The number of carbonyl (C=O) groups is 1. The van der Waals surface area contributed by atoms with Crippen LogP contribution < -0.4 is 10.6 Å². The number of hydrogen-bond acceptors (Lipinski definition) is 2. The summed E-state index contributed by atoms with van der Waals surface area (Å²) in [6.45, 7) is 2.80. The van der Waals surface area contributed by atoms with E-state index in [1.165, 1.54) is 6.07 Å². The van der Waals surface area contributed by atoms with Crippen molar-refractivity contribution in [2.45, 2.75) is 38.3 Å². The summed E-state index contributed by atoms with van der Waals surface area (Å²) in [5.41, 5.74) is 0.643. The first-order valence-corrected chi connectivity index (χ1v) is 6.44. The van der Waals surface area contributed by atoms with Crippen LogP contribution in [0.15, 0.2) is 24.3 Å². The third-order valence-electron chi connectivity index (χ3n) is 3.25. The second-order valence-electron chi connectivity index (χ2n) is 4.85. The Bertz CT molecular complexity index is 416. The van der Waals surface area contributed by atoms with Crippen LogP contribution in [0.1, 0.15) is 25.3 Å². The highest BCUT2D eigenvalue weighted by Crippen LogP contribution is 2.10. The van der Waals surface area contributed by atoms with Crippen LogP contribution in [0.2, 0.25) is 0 Å². The molecule has 0 bridgehead atoms. The predicted molar refractivity (Wildman–Crippen MR) is 68.7 cm³/mol. The molecular weight excluding hydrogens is 231 g/mol. The van der Waals surface area contributed by atoms with Crippen molar-refractivity contribution in [3.8, 4) is 0 Å². The SMILES string of the molecule is CC(Cc1ccccc1F)NC(=O)C1CCCN1. The molecule has 0 aromatic heterocycles. The molecule has 2 N–H and O–H groups in total. The Labute approximate surface area is 107 Å². The summed E-state index contributed by atoms with van der Waals surface area (Å²) >= 11 is 0. The molecule has 2 atom stereocenters. The number of halogens is 1. The van der Waals surface area contributed by atoms with Crippen LogP contribution in [0.5, 0.6) is 0 Å². The van der Waals surface area contributed by atoms with E-state index in [1.54, 1.807) is 12.1 Å². The van der Waals surface area contributed by atoms with E-state index in [2.05, 4.69) is 10.6 Å². The second kappa shape index (κ2) is 5.96. The van der Waals surface area contributed by atoms with Crippen molar-refractivity contribution in [3.63, 3.8) is 0 Å². The Morgan fingerprint density at radius 3 is 3.00 bits per heavy atom. The largest absolute Gasteiger partial charge is 0.352 e. The molecule has 0 radical (unpaired) electrons. The molecule has 1 amide bonds. The Kier molecular flexibility index (Phi) is 4.31. The van der Waals surface area contributed by atoms with Gasteiger partial charge in [-0.2, -0.15) is 0 Å². The van der Waals surface area contributed by atoms with Gasteiger partial charge in [0.05, 0.1) is 6.04 Å². The summed E-state index contributed by atoms with van der Waals surface area (Å²) in [4.78, 5) is 11.9. The number of nitrogens with one attached hydrogen (secondary N) is 2. The summed E-state index contributed by atoms with van der Waals surface area (Å²) in [5, 5.41) is 6.08. The first kappa shape index (κ1) is 13.0. The van der Waals surface area contributed by atoms with Gasteiger partial charge in [0.1, 0.15) is 5.82 Å². The molecule has 1 aromatic rings. The van der Waals surface area contributed by atoms with Crippen molar-refractivity contribution in [1.82, 2.24) is 10.6 Å². The van der Waals surface area contributed by atoms with Crippen molar-refractivity contribution in [3.05, 3.63) is 35.6 Å². The summed E-state index contributed by atoms with van der Waals surface area (Å²) in [6.07, 6.45) is 2.45. The molecular formula is C14H19FN2O. The minimum absolute atomic E-state index is 0.0244. The molecule has 1 fully saturated rings. The van der Waals surface area contributed by atoms with Crippen molar-refractivity contribution in [2.24, 2.45) is 0 Å². The van der Waals surface area contributed by atoms with Crippen LogP contribution >= 0.6 is 0 Å². The van der Waals surface area contributed by atoms with Gasteiger partial charge in [-0.05, 0) is 44.4 Å². The van der Waals surface area contributed by atoms with Gasteiger partial charge >= 0.3 is 0 Å². The molecule has 0 spiro atoms. The number of benzene rings is 1. The summed E-state index contributed by atoms with van der Waals surface area (Å²) in [5.74, 6) is -0.186. The molecule has 0 aliphatic carbocycles. The maximum atomic E-state index is 13.5. The van der Waals surface area contributed by atoms with Crippen molar-refractivity contribution in [2.75, 3.05) is 6.54 Å². The van der Waals surface area contributed by atoms with Crippen LogP contribution in [0, 0.1) is 5.82 Å². The van der Waals surface area contributed by atoms with Gasteiger partial charge in [0.15, 0.2) is 0 Å². The monoisotopic (exact) mass is 250 g/mol. The molecule has 1 aliphatic rings. The zero-order valence-corrected chi connectivity index (χ0v) is 10.6. The topological polar surface area (TPSA) is 41.1 Å². The zero-order valence-electron chi connectivity index (χ0n) is 10.6. The molecule has 98 valence electrons. The zero-order chi connectivity index (χ0) is 13.0. The van der Waals surface area contributed by atoms with E-state index < -0.39 is 0 Å². The Balaban J connectivity index is 1.86. The summed E-state index contributed by atoms with van der Waals surface area (Å²) in [7, 11) is 0. The van der Waals surface area contributed by atoms with Gasteiger partial charge in [0.2, 0.25) is 5.91 Å². The van der Waals surface area contributed by atoms with E-state index in [0.29, 0.717) is 12.0 Å². The normalized spacial score (nSPS) is 20.7. The smallest absolute Gasteiger partial charge is 0.237 e. The summed E-state index contributed by atoms with van der Waals surface area (Å²) < 4.78 is 13.5. The molecule has 2 unspecified atom stereocenters. The van der Waals surface area contributed by atoms with E-state index in [0.717, 1.165) is 19.4 Å². The first-order chi connectivity index (χ1) is 8.66. The fourth-order valence-electron chi connectivity index (χ4n) is 2.30. The lowest BCUT2D eigenvalue weighted by atomic mass is 10.1. The van der Waals surface area contributed by atoms with Gasteiger partial charge in [-0.25, -0.2) is 4.39 Å². The quantitative estimate of drug-likeness (QED) is 0.852. The van der Waals surface area contributed by atoms with Gasteiger partial charge in [-0.3, -0.25) is 4.79 Å². The van der Waals surface area contributed by atoms with Gasteiger partial charge < -0.3 is 10.6 Å². The highest BCUT2D eigenvalue weighted by atomic mass is 19.1. The van der Waals surface area contributed by atoms with Gasteiger partial charge in [0, 0.05) is 6.04 Å². The lowest BCUT2D eigenvalue weighted by molar-refractivity contribution is -0.123. The third kappa shape index (κ3) is 3.29. The standard InChI is InChI=1S/C14H19FN2O/c1-10(9-11-5-2-3-6-12(11)15)17-14(18)13-7-4-8-16-13/h2-3,5-6,10,13,16H,4,7-9H2,1H3,(H,17,18). The molecule has 1 aromatic carbocycles. The maximum absolute atomic E-state index is 13.5. The highest BCUT2D eigenvalue weighted by Gasteiger charge is 2.23. The van der Waals surface area contributed by atoms with Crippen molar-refractivity contribution < 1.29 is 9.18 Å². The van der Waals surface area contributed by atoms with E-state index in [-0.39, 0.29) is 23.8 Å². The van der Waals surface area contributed by atoms with E-state index >= 15 is 0 Å². The molecule has 3 nitrogen and oxygen atoms in total. The van der Waals surface area contributed by atoms with Crippen LogP contribution in [0.4, 0.5) is 4.39 Å². The average molecular weight is 250 g/mol. The van der Waals surface area contributed by atoms with E-state index in [9.17, 15) is 9.18 Å². The van der Waals surface area contributed by atoms with Crippen LogP contribution in [-0.2, 0) is 11.2 Å². The van der Waals surface area contributed by atoms with Gasteiger partial charge in [-0.15, -0.1) is 0 Å². The maximum Gasteiger partial charge on any atom is 0.237 e. The van der Waals surface area contributed by atoms with Crippen molar-refractivity contribution in [1.29, 1.82) is 0 Å². The van der Waals surface area contributed by atoms with Crippen LogP contribution in [-0.4, -0.2) is 24.5 Å². The fraction of sp³-hybridized carbons (Fsp3) is 0.500. The predicted octanol–water partition coefficient (Wildman–Crippen LogP) is 1.62. The number of carbonyl (C=O) groups excluding carboxylic acids is 1. The Morgan fingerprint density at radius 1 is 1.56 bits per heavy atom. The van der Waals surface area contributed by atoms with E-state index in [4.69, 9.17) is 0 Å². The highest BCUT2D eigenvalue weighted by molar-refractivity contribution is 5.82. The molecule has 18 heavy (non-hydrogen) atoms. The minimum atomic E-state index is -0.211. The van der Waals surface area contributed by atoms with E-state index in [1.807, 2.05) is 13.0 Å². The molecule has 1 saturated heterocycles. The van der Waals surface area contributed by atoms with Gasteiger partial charge in [0.25, 0.3) is 0 Å². The van der Waals surface area contributed by atoms with Crippen LogP contribution in [0.25, 0.3) is 0 Å². The molecule has 1 aliphatic heterocycles. The molecule has 1 heterocycles. The Hall–Kier alpha value is -1.42. The van der Waals surface area contributed by atoms with Crippen LogP contribution in [0.3, 0.4) is 0 Å². The Morgan fingerprint density at radius 2 is 2.33 bits per heavy atom. The number of rotatable bonds is 4.